The first-order valence-corrected chi connectivity index (χ1v) is 3.89. The van der Waals surface area contributed by atoms with Crippen molar-refractivity contribution in [1.82, 2.24) is 15.0 Å². The van der Waals surface area contributed by atoms with Gasteiger partial charge in [-0.05, 0) is 12.5 Å². The summed E-state index contributed by atoms with van der Waals surface area (Å²) in [6, 6.07) is 0. The molecule has 1 aromatic rings. The van der Waals surface area contributed by atoms with E-state index < -0.39 is 0 Å². The summed E-state index contributed by atoms with van der Waals surface area (Å²) < 4.78 is 1.87. The molecule has 0 fully saturated rings. The summed E-state index contributed by atoms with van der Waals surface area (Å²) in [5, 5.41) is 7.71. The van der Waals surface area contributed by atoms with Gasteiger partial charge in [0.1, 0.15) is 0 Å². The number of aryl methyl sites for hydroxylation is 1. The molecule has 0 spiro atoms. The van der Waals surface area contributed by atoms with Crippen LogP contribution in [-0.2, 0) is 6.54 Å². The van der Waals surface area contributed by atoms with Crippen molar-refractivity contribution in [2.45, 2.75) is 26.3 Å². The molecule has 1 heterocycles. The van der Waals surface area contributed by atoms with Gasteiger partial charge in [0.25, 0.3) is 0 Å². The van der Waals surface area contributed by atoms with Crippen LogP contribution in [0.4, 0.5) is 0 Å². The zero-order chi connectivity index (χ0) is 8.10. The first-order valence-electron chi connectivity index (χ1n) is 3.89. The van der Waals surface area contributed by atoms with E-state index in [4.69, 9.17) is 0 Å². The summed E-state index contributed by atoms with van der Waals surface area (Å²) in [6.45, 7) is 6.77. The molecule has 0 aliphatic rings. The highest BCUT2D eigenvalue weighted by Gasteiger charge is 1.96. The van der Waals surface area contributed by atoms with Gasteiger partial charge in [0.15, 0.2) is 0 Å². The lowest BCUT2D eigenvalue weighted by atomic mass is 10.3. The van der Waals surface area contributed by atoms with Gasteiger partial charge >= 0.3 is 0 Å². The van der Waals surface area contributed by atoms with Crippen LogP contribution >= 0.6 is 0 Å². The van der Waals surface area contributed by atoms with E-state index in [0.29, 0.717) is 0 Å². The lowest BCUT2D eigenvalue weighted by Crippen LogP contribution is -2.01. The van der Waals surface area contributed by atoms with Gasteiger partial charge in [0, 0.05) is 6.54 Å². The van der Waals surface area contributed by atoms with Crippen molar-refractivity contribution in [3.05, 3.63) is 18.5 Å². The molecule has 0 amide bonds. The molecule has 0 saturated heterocycles. The number of hydrogen-bond acceptors (Lipinski definition) is 2. The lowest BCUT2D eigenvalue weighted by molar-refractivity contribution is 0.549. The van der Waals surface area contributed by atoms with Gasteiger partial charge < -0.3 is 0 Å². The SMILES string of the molecule is C=Cc1cnnn1CCCC. The molecule has 1 aromatic heterocycles. The van der Waals surface area contributed by atoms with Gasteiger partial charge in [-0.25, -0.2) is 4.68 Å². The second kappa shape index (κ2) is 3.91. The summed E-state index contributed by atoms with van der Waals surface area (Å²) in [4.78, 5) is 0. The van der Waals surface area contributed by atoms with Crippen molar-refractivity contribution in [3.8, 4) is 0 Å². The highest BCUT2D eigenvalue weighted by molar-refractivity contribution is 5.39. The maximum Gasteiger partial charge on any atom is 0.0807 e. The van der Waals surface area contributed by atoms with Crippen LogP contribution in [0.1, 0.15) is 25.5 Å². The molecule has 0 aromatic carbocycles. The third-order valence-electron chi connectivity index (χ3n) is 1.58. The van der Waals surface area contributed by atoms with E-state index in [1.165, 1.54) is 6.42 Å². The molecule has 3 heteroatoms. The molecule has 0 aliphatic heterocycles. The van der Waals surface area contributed by atoms with Crippen molar-refractivity contribution >= 4 is 6.08 Å². The molecule has 3 nitrogen and oxygen atoms in total. The van der Waals surface area contributed by atoms with Gasteiger partial charge in [0.05, 0.1) is 11.9 Å². The van der Waals surface area contributed by atoms with Gasteiger partial charge in [-0.3, -0.25) is 0 Å². The maximum atomic E-state index is 3.92. The van der Waals surface area contributed by atoms with Crippen LogP contribution in [-0.4, -0.2) is 15.0 Å². The minimum atomic E-state index is 0.942. The van der Waals surface area contributed by atoms with Crippen molar-refractivity contribution in [1.29, 1.82) is 0 Å². The van der Waals surface area contributed by atoms with Gasteiger partial charge in [-0.2, -0.15) is 0 Å². The third kappa shape index (κ3) is 1.90. The quantitative estimate of drug-likeness (QED) is 0.656. The minimum Gasteiger partial charge on any atom is -0.245 e. The second-order valence-electron chi connectivity index (χ2n) is 2.44. The van der Waals surface area contributed by atoms with Gasteiger partial charge in [0.2, 0.25) is 0 Å². The fraction of sp³-hybridized carbons (Fsp3) is 0.500. The van der Waals surface area contributed by atoms with E-state index in [2.05, 4.69) is 23.8 Å². The molecule has 0 saturated carbocycles. The molecular formula is C8H13N3. The number of unbranched alkanes of at least 4 members (excludes halogenated alkanes) is 1. The Labute approximate surface area is 66.7 Å². The summed E-state index contributed by atoms with van der Waals surface area (Å²) in [7, 11) is 0. The topological polar surface area (TPSA) is 30.7 Å². The van der Waals surface area contributed by atoms with Crippen LogP contribution in [0.3, 0.4) is 0 Å². The highest BCUT2D eigenvalue weighted by atomic mass is 15.4. The monoisotopic (exact) mass is 151 g/mol. The summed E-state index contributed by atoms with van der Waals surface area (Å²) >= 11 is 0. The fourth-order valence-electron chi connectivity index (χ4n) is 0.905. The Hall–Kier alpha value is -1.12. The zero-order valence-electron chi connectivity index (χ0n) is 6.82. The Bertz CT molecular complexity index is 227. The predicted octanol–water partition coefficient (Wildman–Crippen LogP) is 1.72. The van der Waals surface area contributed by atoms with Crippen molar-refractivity contribution in [3.63, 3.8) is 0 Å². The van der Waals surface area contributed by atoms with Gasteiger partial charge in [-0.1, -0.05) is 25.1 Å². The van der Waals surface area contributed by atoms with Crippen LogP contribution < -0.4 is 0 Å². The van der Waals surface area contributed by atoms with E-state index in [1.807, 2.05) is 4.68 Å². The van der Waals surface area contributed by atoms with Crippen molar-refractivity contribution < 1.29 is 0 Å². The smallest absolute Gasteiger partial charge is 0.0807 e. The average molecular weight is 151 g/mol. The average Bonchev–Trinajstić information content (AvgIpc) is 2.47. The molecular weight excluding hydrogens is 138 g/mol. The molecule has 0 atom stereocenters. The van der Waals surface area contributed by atoms with E-state index >= 15 is 0 Å². The number of hydrogen-bond donors (Lipinski definition) is 0. The molecule has 0 aliphatic carbocycles. The molecule has 0 N–H and O–H groups in total. The van der Waals surface area contributed by atoms with Crippen LogP contribution in [0, 0.1) is 0 Å². The summed E-state index contributed by atoms with van der Waals surface area (Å²) in [5.74, 6) is 0. The second-order valence-corrected chi connectivity index (χ2v) is 2.44. The molecule has 0 bridgehead atoms. The standard InChI is InChI=1S/C8H13N3/c1-3-5-6-11-8(4-2)7-9-10-11/h4,7H,2-3,5-6H2,1H3. The molecule has 1 rings (SSSR count). The first-order chi connectivity index (χ1) is 5.38. The first kappa shape index (κ1) is 7.98. The van der Waals surface area contributed by atoms with Crippen molar-refractivity contribution in [2.24, 2.45) is 0 Å². The molecule has 60 valence electrons. The normalized spacial score (nSPS) is 9.91. The van der Waals surface area contributed by atoms with Crippen molar-refractivity contribution in [2.75, 3.05) is 0 Å². The number of rotatable bonds is 4. The Morgan fingerprint density at radius 1 is 1.73 bits per heavy atom. The van der Waals surface area contributed by atoms with E-state index in [0.717, 1.165) is 18.7 Å². The van der Waals surface area contributed by atoms with Crippen LogP contribution in [0.15, 0.2) is 12.8 Å². The summed E-state index contributed by atoms with van der Waals surface area (Å²) in [6.07, 6.45) is 5.82. The van der Waals surface area contributed by atoms with Crippen LogP contribution in [0.25, 0.3) is 6.08 Å². The fourth-order valence-corrected chi connectivity index (χ4v) is 0.905. The highest BCUT2D eigenvalue weighted by Crippen LogP contribution is 2.00. The zero-order valence-corrected chi connectivity index (χ0v) is 6.82. The summed E-state index contributed by atoms with van der Waals surface area (Å²) in [5.41, 5.74) is 0.999. The largest absolute Gasteiger partial charge is 0.245 e. The Morgan fingerprint density at radius 2 is 2.55 bits per heavy atom. The minimum absolute atomic E-state index is 0.942. The lowest BCUT2D eigenvalue weighted by Gasteiger charge is -1.99. The molecule has 0 radical (unpaired) electrons. The van der Waals surface area contributed by atoms with E-state index in [1.54, 1.807) is 12.3 Å². The Kier molecular flexibility index (Phi) is 2.83. The van der Waals surface area contributed by atoms with E-state index in [-0.39, 0.29) is 0 Å². The Balaban J connectivity index is 2.61. The molecule has 11 heavy (non-hydrogen) atoms. The maximum absolute atomic E-state index is 3.92. The molecule has 0 unspecified atom stereocenters. The number of aromatic nitrogens is 3. The third-order valence-corrected chi connectivity index (χ3v) is 1.58. The van der Waals surface area contributed by atoms with Crippen LogP contribution in [0.2, 0.25) is 0 Å². The van der Waals surface area contributed by atoms with Crippen LogP contribution in [0.5, 0.6) is 0 Å². The number of nitrogens with zero attached hydrogens (tertiary/aromatic N) is 3. The van der Waals surface area contributed by atoms with Gasteiger partial charge in [-0.15, -0.1) is 5.10 Å². The predicted molar refractivity (Wildman–Crippen MR) is 45.0 cm³/mol. The van der Waals surface area contributed by atoms with E-state index in [9.17, 15) is 0 Å². The Morgan fingerprint density at radius 3 is 3.18 bits per heavy atom.